The molecule has 1 saturated carbocycles. The fraction of sp³-hybridized carbons (Fsp3) is 0.385. The Balaban J connectivity index is 1.23. The molecule has 1 saturated heterocycles. The Kier molecular flexibility index (Phi) is 5.00. The molecule has 6 heteroatoms. The first-order chi connectivity index (χ1) is 15.7. The van der Waals surface area contributed by atoms with Crippen molar-refractivity contribution in [1.29, 1.82) is 0 Å². The second kappa shape index (κ2) is 8.01. The zero-order valence-electron chi connectivity index (χ0n) is 18.1. The van der Waals surface area contributed by atoms with E-state index in [-0.39, 0.29) is 11.8 Å². The number of anilines is 1. The minimum Gasteiger partial charge on any atom is -0.368 e. The molecule has 6 rings (SSSR count). The van der Waals surface area contributed by atoms with Crippen LogP contribution >= 0.6 is 11.3 Å². The van der Waals surface area contributed by atoms with Gasteiger partial charge in [0.2, 0.25) is 0 Å². The third kappa shape index (κ3) is 3.33. The lowest BCUT2D eigenvalue weighted by Gasteiger charge is -2.39. The number of hydrogen-bond acceptors (Lipinski definition) is 5. The molecule has 3 aliphatic rings. The monoisotopic (exact) mass is 445 g/mol. The summed E-state index contributed by atoms with van der Waals surface area (Å²) in [4.78, 5) is 34.0. The summed E-state index contributed by atoms with van der Waals surface area (Å²) in [6.07, 6.45) is 5.34. The largest absolute Gasteiger partial charge is 0.368 e. The molecule has 0 spiro atoms. The highest BCUT2D eigenvalue weighted by molar-refractivity contribution is 7.19. The molecule has 0 radical (unpaired) electrons. The van der Waals surface area contributed by atoms with Gasteiger partial charge in [-0.2, -0.15) is 0 Å². The van der Waals surface area contributed by atoms with Crippen molar-refractivity contribution in [1.82, 2.24) is 9.80 Å². The zero-order valence-corrected chi connectivity index (χ0v) is 18.9. The van der Waals surface area contributed by atoms with Crippen molar-refractivity contribution < 1.29 is 9.59 Å². The maximum absolute atomic E-state index is 13.4. The molecule has 3 heterocycles. The summed E-state index contributed by atoms with van der Waals surface area (Å²) in [7, 11) is 0. The maximum atomic E-state index is 13.4. The molecule has 3 aromatic rings. The molecule has 32 heavy (non-hydrogen) atoms. The second-order valence-corrected chi connectivity index (χ2v) is 10.3. The van der Waals surface area contributed by atoms with Crippen LogP contribution in [0.25, 0.3) is 10.1 Å². The third-order valence-corrected chi connectivity index (χ3v) is 8.36. The normalized spacial score (nSPS) is 20.0. The van der Waals surface area contributed by atoms with Gasteiger partial charge in [0.1, 0.15) is 0 Å². The van der Waals surface area contributed by atoms with E-state index < -0.39 is 0 Å². The molecule has 2 aliphatic heterocycles. The number of piperazine rings is 1. The number of benzene rings is 2. The lowest BCUT2D eigenvalue weighted by atomic mass is 10.1. The Morgan fingerprint density at radius 1 is 0.875 bits per heavy atom. The molecular weight excluding hydrogens is 418 g/mol. The summed E-state index contributed by atoms with van der Waals surface area (Å²) in [5.41, 5.74) is 2.06. The molecule has 2 amide bonds. The number of nitrogens with zero attached hydrogens (tertiary/aromatic N) is 3. The Labute approximate surface area is 192 Å². The second-order valence-electron chi connectivity index (χ2n) is 9.11. The lowest BCUT2D eigenvalue weighted by Crippen LogP contribution is -2.50. The summed E-state index contributed by atoms with van der Waals surface area (Å²) >= 11 is 1.65. The average Bonchev–Trinajstić information content (AvgIpc) is 3.55. The van der Waals surface area contributed by atoms with Crippen molar-refractivity contribution in [3.63, 3.8) is 0 Å². The van der Waals surface area contributed by atoms with E-state index >= 15 is 0 Å². The van der Waals surface area contributed by atoms with Gasteiger partial charge in [0.15, 0.2) is 0 Å². The fourth-order valence-electron chi connectivity index (χ4n) is 5.59. The summed E-state index contributed by atoms with van der Waals surface area (Å²) in [5, 5.41) is 1.16. The van der Waals surface area contributed by atoms with E-state index in [0.29, 0.717) is 17.7 Å². The minimum absolute atomic E-state index is 0.156. The van der Waals surface area contributed by atoms with Gasteiger partial charge in [-0.3, -0.25) is 19.4 Å². The van der Waals surface area contributed by atoms with Gasteiger partial charge in [0.05, 0.1) is 23.4 Å². The van der Waals surface area contributed by atoms with Gasteiger partial charge in [-0.05, 0) is 42.5 Å². The van der Waals surface area contributed by atoms with Crippen LogP contribution in [-0.2, 0) is 6.54 Å². The molecule has 0 unspecified atom stereocenters. The summed E-state index contributed by atoms with van der Waals surface area (Å²) < 4.78 is 1.18. The van der Waals surface area contributed by atoms with Gasteiger partial charge >= 0.3 is 0 Å². The van der Waals surface area contributed by atoms with E-state index in [9.17, 15) is 9.59 Å². The number of rotatable bonds is 4. The Bertz CT molecular complexity index is 1160. The van der Waals surface area contributed by atoms with Crippen LogP contribution in [0.1, 0.15) is 51.3 Å². The number of imide groups is 1. The SMILES string of the molecule is O=C1c2cccc(N3CCN(C4CCCC4)CC3)c2C(=O)N1Cc1cc2ccccc2s1. The van der Waals surface area contributed by atoms with Crippen molar-refractivity contribution >= 4 is 38.9 Å². The Morgan fingerprint density at radius 2 is 1.66 bits per heavy atom. The van der Waals surface area contributed by atoms with E-state index in [1.165, 1.54) is 35.3 Å². The minimum atomic E-state index is -0.172. The molecule has 0 bridgehead atoms. The van der Waals surface area contributed by atoms with Gasteiger partial charge in [-0.25, -0.2) is 0 Å². The van der Waals surface area contributed by atoms with Crippen LogP contribution in [0.15, 0.2) is 48.5 Å². The molecule has 0 atom stereocenters. The summed E-state index contributed by atoms with van der Waals surface area (Å²) in [5.74, 6) is -0.329. The van der Waals surface area contributed by atoms with Gasteiger partial charge < -0.3 is 4.90 Å². The quantitative estimate of drug-likeness (QED) is 0.543. The van der Waals surface area contributed by atoms with Gasteiger partial charge in [0.25, 0.3) is 11.8 Å². The van der Waals surface area contributed by atoms with Gasteiger partial charge in [-0.15, -0.1) is 11.3 Å². The molecule has 1 aliphatic carbocycles. The van der Waals surface area contributed by atoms with E-state index in [1.807, 2.05) is 24.3 Å². The molecule has 2 fully saturated rings. The van der Waals surface area contributed by atoms with Crippen LogP contribution in [0.4, 0.5) is 5.69 Å². The standard InChI is InChI=1S/C26H27N3O2S/c30-25-21-9-5-10-22(28-14-12-27(13-15-28)19-7-2-3-8-19)24(21)26(31)29(25)17-20-16-18-6-1-4-11-23(18)32-20/h1,4-6,9-11,16,19H,2-3,7-8,12-15,17H2. The van der Waals surface area contributed by atoms with Crippen LogP contribution < -0.4 is 4.90 Å². The molecule has 1 aromatic heterocycles. The van der Waals surface area contributed by atoms with Crippen molar-refractivity contribution in [3.05, 3.63) is 64.5 Å². The Morgan fingerprint density at radius 3 is 2.44 bits per heavy atom. The highest BCUT2D eigenvalue weighted by atomic mass is 32.1. The smallest absolute Gasteiger partial charge is 0.264 e. The van der Waals surface area contributed by atoms with Crippen molar-refractivity contribution in [3.8, 4) is 0 Å². The first-order valence-electron chi connectivity index (χ1n) is 11.6. The highest BCUT2D eigenvalue weighted by Crippen LogP contribution is 2.35. The lowest BCUT2D eigenvalue weighted by molar-refractivity contribution is 0.0644. The molecular formula is C26H27N3O2S. The number of hydrogen-bond donors (Lipinski definition) is 0. The van der Waals surface area contributed by atoms with Crippen LogP contribution in [0.2, 0.25) is 0 Å². The van der Waals surface area contributed by atoms with Crippen molar-refractivity contribution in [2.75, 3.05) is 31.1 Å². The van der Waals surface area contributed by atoms with Crippen LogP contribution in [0.5, 0.6) is 0 Å². The average molecular weight is 446 g/mol. The first-order valence-corrected chi connectivity index (χ1v) is 12.5. The summed E-state index contributed by atoms with van der Waals surface area (Å²) in [6, 6.07) is 16.7. The van der Waals surface area contributed by atoms with E-state index in [4.69, 9.17) is 0 Å². The molecule has 5 nitrogen and oxygen atoms in total. The predicted molar refractivity (Wildman–Crippen MR) is 129 cm³/mol. The number of carbonyl (C=O) groups is 2. The summed E-state index contributed by atoms with van der Waals surface area (Å²) in [6.45, 7) is 4.21. The predicted octanol–water partition coefficient (Wildman–Crippen LogP) is 4.76. The zero-order chi connectivity index (χ0) is 21.7. The molecule has 2 aromatic carbocycles. The topological polar surface area (TPSA) is 43.9 Å². The highest BCUT2D eigenvalue weighted by Gasteiger charge is 2.39. The number of carbonyl (C=O) groups excluding carboxylic acids is 2. The Hall–Kier alpha value is -2.70. The van der Waals surface area contributed by atoms with Crippen molar-refractivity contribution in [2.24, 2.45) is 0 Å². The number of thiophene rings is 1. The van der Waals surface area contributed by atoms with E-state index in [1.54, 1.807) is 17.4 Å². The van der Waals surface area contributed by atoms with Crippen LogP contribution in [0.3, 0.4) is 0 Å². The first kappa shape index (κ1) is 19.9. The van der Waals surface area contributed by atoms with E-state index in [0.717, 1.165) is 48.2 Å². The number of amides is 2. The fourth-order valence-corrected chi connectivity index (χ4v) is 6.64. The number of fused-ring (bicyclic) bond motifs is 2. The maximum Gasteiger partial charge on any atom is 0.264 e. The van der Waals surface area contributed by atoms with Gasteiger partial charge in [0, 0.05) is 41.8 Å². The van der Waals surface area contributed by atoms with Gasteiger partial charge in [-0.1, -0.05) is 37.1 Å². The van der Waals surface area contributed by atoms with Crippen molar-refractivity contribution in [2.45, 2.75) is 38.3 Å². The molecule has 164 valence electrons. The van der Waals surface area contributed by atoms with Crippen LogP contribution in [0, 0.1) is 0 Å². The molecule has 0 N–H and O–H groups in total. The third-order valence-electron chi connectivity index (χ3n) is 7.26. The van der Waals surface area contributed by atoms with Crippen LogP contribution in [-0.4, -0.2) is 53.8 Å². The van der Waals surface area contributed by atoms with E-state index in [2.05, 4.69) is 28.0 Å².